The van der Waals surface area contributed by atoms with Crippen molar-refractivity contribution >= 4 is 28.9 Å². The molecule has 0 spiro atoms. The van der Waals surface area contributed by atoms with Gasteiger partial charge in [0.1, 0.15) is 12.1 Å². The summed E-state index contributed by atoms with van der Waals surface area (Å²) in [5.41, 5.74) is 0.563. The van der Waals surface area contributed by atoms with Gasteiger partial charge >= 0.3 is 5.97 Å². The maximum atomic E-state index is 13.2. The molecule has 0 bridgehead atoms. The second-order valence-corrected chi connectivity index (χ2v) is 5.56. The summed E-state index contributed by atoms with van der Waals surface area (Å²) in [6, 6.07) is 3.91. The highest BCUT2D eigenvalue weighted by molar-refractivity contribution is 7.18. The van der Waals surface area contributed by atoms with Crippen molar-refractivity contribution in [1.82, 2.24) is 9.97 Å². The van der Waals surface area contributed by atoms with E-state index in [1.807, 2.05) is 0 Å². The fourth-order valence-corrected chi connectivity index (χ4v) is 3.18. The van der Waals surface area contributed by atoms with Crippen LogP contribution in [0, 0.1) is 5.82 Å². The summed E-state index contributed by atoms with van der Waals surface area (Å²) < 4.78 is 23.1. The first-order valence-electron chi connectivity index (χ1n) is 6.04. The van der Waals surface area contributed by atoms with Crippen molar-refractivity contribution in [3.05, 3.63) is 47.2 Å². The number of ether oxygens (including phenoxy) is 1. The average molecular weight is 339 g/mol. The van der Waals surface area contributed by atoms with Crippen LogP contribution in [0.3, 0.4) is 0 Å². The zero-order valence-corrected chi connectivity index (χ0v) is 12.7. The second-order valence-electron chi connectivity index (χ2n) is 4.15. The molecule has 0 fully saturated rings. The maximum Gasteiger partial charge on any atom is 0.358 e. The lowest BCUT2D eigenvalue weighted by Gasteiger charge is -2.03. The van der Waals surface area contributed by atoms with E-state index < -0.39 is 11.8 Å². The Bertz CT molecular complexity index is 833. The predicted molar refractivity (Wildman–Crippen MR) is 79.4 cm³/mol. The summed E-state index contributed by atoms with van der Waals surface area (Å²) in [5.74, 6) is -0.810. The molecule has 22 heavy (non-hydrogen) atoms. The monoisotopic (exact) mass is 338 g/mol. The van der Waals surface area contributed by atoms with Crippen molar-refractivity contribution in [3.8, 4) is 21.3 Å². The molecule has 2 heterocycles. The number of rotatable bonds is 3. The Morgan fingerprint density at radius 2 is 2.27 bits per heavy atom. The Balaban J connectivity index is 2.18. The zero-order valence-electron chi connectivity index (χ0n) is 11.2. The van der Waals surface area contributed by atoms with Crippen molar-refractivity contribution in [3.63, 3.8) is 0 Å². The number of esters is 1. The number of hydrogen-bond acceptors (Lipinski definition) is 6. The van der Waals surface area contributed by atoms with Crippen LogP contribution < -0.4 is 0 Å². The van der Waals surface area contributed by atoms with E-state index in [2.05, 4.69) is 9.97 Å². The summed E-state index contributed by atoms with van der Waals surface area (Å²) in [4.78, 5) is 20.6. The molecule has 0 atom stereocenters. The third-order valence-corrected chi connectivity index (χ3v) is 4.19. The van der Waals surface area contributed by atoms with Crippen LogP contribution in [0.4, 0.5) is 4.39 Å². The number of carbonyl (C=O) groups excluding carboxylic acids is 1. The summed E-state index contributed by atoms with van der Waals surface area (Å²) in [6.07, 6.45) is 2.87. The third-order valence-electron chi connectivity index (χ3n) is 2.80. The van der Waals surface area contributed by atoms with Gasteiger partial charge in [-0.05, 0) is 18.2 Å². The van der Waals surface area contributed by atoms with E-state index in [1.165, 1.54) is 37.8 Å². The van der Waals surface area contributed by atoms with Gasteiger partial charge in [-0.1, -0.05) is 11.6 Å². The molecule has 0 N–H and O–H groups in total. The highest BCUT2D eigenvalue weighted by atomic mass is 35.5. The van der Waals surface area contributed by atoms with Crippen molar-refractivity contribution in [2.24, 2.45) is 0 Å². The van der Waals surface area contributed by atoms with Gasteiger partial charge in [0.05, 0.1) is 23.2 Å². The van der Waals surface area contributed by atoms with E-state index in [4.69, 9.17) is 20.8 Å². The number of benzene rings is 1. The van der Waals surface area contributed by atoms with E-state index in [0.717, 1.165) is 11.3 Å². The van der Waals surface area contributed by atoms with Gasteiger partial charge in [0.15, 0.2) is 10.7 Å². The number of methoxy groups -OCH3 is 1. The Kier molecular flexibility index (Phi) is 3.91. The van der Waals surface area contributed by atoms with Crippen LogP contribution in [0.1, 0.15) is 10.5 Å². The molecule has 112 valence electrons. The molecular formula is C14H8ClFN2O3S. The molecule has 0 aliphatic heterocycles. The van der Waals surface area contributed by atoms with Gasteiger partial charge in [-0.25, -0.2) is 19.2 Å². The lowest BCUT2D eigenvalue weighted by molar-refractivity contribution is 0.0596. The smallest absolute Gasteiger partial charge is 0.358 e. The molecule has 0 aliphatic rings. The number of hydrogen-bond donors (Lipinski definition) is 0. The molecule has 0 radical (unpaired) electrons. The molecule has 3 rings (SSSR count). The average Bonchev–Trinajstić information content (AvgIpc) is 3.15. The van der Waals surface area contributed by atoms with Crippen LogP contribution in [0.5, 0.6) is 0 Å². The van der Waals surface area contributed by atoms with E-state index in [0.29, 0.717) is 15.4 Å². The van der Waals surface area contributed by atoms with Crippen molar-refractivity contribution < 1.29 is 18.3 Å². The van der Waals surface area contributed by atoms with Gasteiger partial charge < -0.3 is 9.15 Å². The number of carbonyl (C=O) groups is 1. The quantitative estimate of drug-likeness (QED) is 0.674. The standard InChI is InChI=1S/C14H8ClFN2O3S/c1-20-14(19)10-11(8-3-2-7(16)6-9(8)15)22-13(18-10)12-17-4-5-21-12/h2-6H,1H3. The highest BCUT2D eigenvalue weighted by Crippen LogP contribution is 2.38. The molecule has 1 aromatic carbocycles. The van der Waals surface area contributed by atoms with Crippen LogP contribution in [-0.4, -0.2) is 23.0 Å². The third kappa shape index (κ3) is 2.60. The lowest BCUT2D eigenvalue weighted by atomic mass is 10.1. The number of nitrogens with zero attached hydrogens (tertiary/aromatic N) is 2. The van der Waals surface area contributed by atoms with Gasteiger partial charge in [0.25, 0.3) is 5.89 Å². The van der Waals surface area contributed by atoms with Gasteiger partial charge in [0.2, 0.25) is 0 Å². The van der Waals surface area contributed by atoms with Crippen LogP contribution in [-0.2, 0) is 4.74 Å². The molecule has 3 aromatic rings. The summed E-state index contributed by atoms with van der Waals surface area (Å²) in [6.45, 7) is 0. The minimum absolute atomic E-state index is 0.0780. The van der Waals surface area contributed by atoms with Crippen LogP contribution in [0.15, 0.2) is 35.1 Å². The van der Waals surface area contributed by atoms with Gasteiger partial charge in [-0.15, -0.1) is 11.3 Å². The van der Waals surface area contributed by atoms with Gasteiger partial charge in [-0.3, -0.25) is 0 Å². The molecule has 5 nitrogen and oxygen atoms in total. The molecule has 0 aliphatic carbocycles. The summed E-state index contributed by atoms with van der Waals surface area (Å²) in [5, 5.41) is 0.577. The summed E-state index contributed by atoms with van der Waals surface area (Å²) in [7, 11) is 1.25. The molecule has 0 saturated heterocycles. The normalized spacial score (nSPS) is 10.7. The Morgan fingerprint density at radius 1 is 1.45 bits per heavy atom. The van der Waals surface area contributed by atoms with E-state index >= 15 is 0 Å². The molecule has 0 saturated carbocycles. The minimum atomic E-state index is -0.621. The fourth-order valence-electron chi connectivity index (χ4n) is 1.83. The fraction of sp³-hybridized carbons (Fsp3) is 0.0714. The largest absolute Gasteiger partial charge is 0.464 e. The van der Waals surface area contributed by atoms with E-state index in [9.17, 15) is 9.18 Å². The van der Waals surface area contributed by atoms with E-state index in [1.54, 1.807) is 0 Å². The van der Waals surface area contributed by atoms with Crippen LogP contribution in [0.25, 0.3) is 21.3 Å². The number of thiazole rings is 1. The first-order valence-corrected chi connectivity index (χ1v) is 7.24. The molecule has 0 unspecified atom stereocenters. The molecular weight excluding hydrogens is 331 g/mol. The maximum absolute atomic E-state index is 13.2. The molecule has 8 heteroatoms. The Hall–Kier alpha value is -2.25. The van der Waals surface area contributed by atoms with Gasteiger partial charge in [0, 0.05) is 5.56 Å². The van der Waals surface area contributed by atoms with Crippen LogP contribution in [0.2, 0.25) is 5.02 Å². The first-order chi connectivity index (χ1) is 10.6. The molecule has 0 amide bonds. The second kappa shape index (κ2) is 5.86. The molecule has 2 aromatic heterocycles. The Labute approximate surface area is 133 Å². The minimum Gasteiger partial charge on any atom is -0.464 e. The topological polar surface area (TPSA) is 65.2 Å². The first kappa shape index (κ1) is 14.7. The Morgan fingerprint density at radius 3 is 2.91 bits per heavy atom. The van der Waals surface area contributed by atoms with Crippen molar-refractivity contribution in [1.29, 1.82) is 0 Å². The highest BCUT2D eigenvalue weighted by Gasteiger charge is 2.24. The summed E-state index contributed by atoms with van der Waals surface area (Å²) >= 11 is 7.22. The number of aromatic nitrogens is 2. The SMILES string of the molecule is COC(=O)c1nc(-c2ncco2)sc1-c1ccc(F)cc1Cl. The number of halogens is 2. The number of oxazole rings is 1. The van der Waals surface area contributed by atoms with E-state index in [-0.39, 0.29) is 16.6 Å². The van der Waals surface area contributed by atoms with Gasteiger partial charge in [-0.2, -0.15) is 0 Å². The predicted octanol–water partition coefficient (Wildman–Crippen LogP) is 4.04. The van der Waals surface area contributed by atoms with Crippen LogP contribution >= 0.6 is 22.9 Å². The zero-order chi connectivity index (χ0) is 15.7. The van der Waals surface area contributed by atoms with Crippen molar-refractivity contribution in [2.45, 2.75) is 0 Å². The lowest BCUT2D eigenvalue weighted by Crippen LogP contribution is -2.03. The van der Waals surface area contributed by atoms with Crippen molar-refractivity contribution in [2.75, 3.05) is 7.11 Å².